The molecule has 0 bridgehead atoms. The Kier molecular flexibility index (Phi) is 6.89. The maximum Gasteiger partial charge on any atom is 0.166 e. The van der Waals surface area contributed by atoms with Gasteiger partial charge in [-0.15, -0.1) is 0 Å². The molecule has 0 aromatic heterocycles. The Morgan fingerprint density at radius 2 is 0.853 bits per heavy atom. The smallest absolute Gasteiger partial charge is 0.166 e. The van der Waals surface area contributed by atoms with Crippen molar-refractivity contribution in [3.05, 3.63) is 119 Å². The maximum atomic E-state index is 10.2. The molecule has 0 spiro atoms. The summed E-state index contributed by atoms with van der Waals surface area (Å²) in [6.45, 7) is 0. The van der Waals surface area contributed by atoms with Gasteiger partial charge in [0.25, 0.3) is 0 Å². The average molecular weight is 453 g/mol. The second-order valence-corrected chi connectivity index (χ2v) is 7.70. The molecular formula is C28H24N2O4. The highest BCUT2D eigenvalue weighted by Crippen LogP contribution is 2.37. The molecule has 170 valence electrons. The Labute approximate surface area is 197 Å². The third-order valence-corrected chi connectivity index (χ3v) is 5.42. The van der Waals surface area contributed by atoms with E-state index in [2.05, 4.69) is 0 Å². The zero-order valence-corrected chi connectivity index (χ0v) is 18.2. The predicted molar refractivity (Wildman–Crippen MR) is 133 cm³/mol. The molecule has 0 heterocycles. The largest absolute Gasteiger partial charge is 0.504 e. The summed E-state index contributed by atoms with van der Waals surface area (Å²) < 4.78 is 0. The lowest BCUT2D eigenvalue weighted by atomic mass is 9.94. The van der Waals surface area contributed by atoms with Crippen LogP contribution in [0.1, 0.15) is 34.3 Å². The van der Waals surface area contributed by atoms with Crippen LogP contribution in [0.3, 0.4) is 0 Å². The molecule has 0 aliphatic rings. The highest BCUT2D eigenvalue weighted by Gasteiger charge is 2.23. The van der Waals surface area contributed by atoms with Crippen LogP contribution in [0.2, 0.25) is 0 Å². The van der Waals surface area contributed by atoms with E-state index in [1.807, 2.05) is 60.7 Å². The fourth-order valence-electron chi connectivity index (χ4n) is 3.63. The molecule has 0 amide bonds. The van der Waals surface area contributed by atoms with Crippen LogP contribution in [-0.2, 0) is 0 Å². The normalized spacial score (nSPS) is 13.3. The molecule has 6 nitrogen and oxygen atoms in total. The first-order valence-corrected chi connectivity index (χ1v) is 10.7. The van der Waals surface area contributed by atoms with Gasteiger partial charge in [-0.2, -0.15) is 0 Å². The standard InChI is InChI=1S/C28H24N2O4/c31-23-15-7-13-21(27(23)33)17-29-25(19-9-3-1-4-10-19)26(20-11-5-2-6-12-20)30-18-22-14-8-16-24(32)28(22)34/h1-18,25-26,31-34H/t25-,26-/m1/s1. The molecule has 4 N–H and O–H groups in total. The van der Waals surface area contributed by atoms with Gasteiger partial charge in [-0.3, -0.25) is 9.98 Å². The third kappa shape index (κ3) is 5.07. The number of aliphatic imine (C=N–C) groups is 2. The number of phenolic OH excluding ortho intramolecular Hbond substituents is 4. The van der Waals surface area contributed by atoms with Crippen molar-refractivity contribution in [2.75, 3.05) is 0 Å². The number of hydrogen-bond donors (Lipinski definition) is 4. The molecule has 0 aliphatic carbocycles. The van der Waals surface area contributed by atoms with Crippen molar-refractivity contribution in [1.82, 2.24) is 0 Å². The number of hydrogen-bond acceptors (Lipinski definition) is 6. The molecule has 0 saturated carbocycles. The van der Waals surface area contributed by atoms with E-state index in [0.29, 0.717) is 11.1 Å². The first-order chi connectivity index (χ1) is 16.5. The number of aromatic hydroxyl groups is 4. The maximum absolute atomic E-state index is 10.2. The molecule has 0 fully saturated rings. The summed E-state index contributed by atoms with van der Waals surface area (Å²) in [6.07, 6.45) is 3.04. The highest BCUT2D eigenvalue weighted by atomic mass is 16.3. The molecule has 2 atom stereocenters. The molecule has 4 aromatic rings. The summed E-state index contributed by atoms with van der Waals surface area (Å²) in [4.78, 5) is 9.55. The quantitative estimate of drug-likeness (QED) is 0.219. The van der Waals surface area contributed by atoms with Crippen LogP contribution >= 0.6 is 0 Å². The first-order valence-electron chi connectivity index (χ1n) is 10.7. The van der Waals surface area contributed by atoms with Gasteiger partial charge in [-0.05, 0) is 35.4 Å². The zero-order valence-electron chi connectivity index (χ0n) is 18.2. The van der Waals surface area contributed by atoms with E-state index < -0.39 is 12.1 Å². The van der Waals surface area contributed by atoms with Crippen LogP contribution in [0.5, 0.6) is 23.0 Å². The summed E-state index contributed by atoms with van der Waals surface area (Å²) in [6, 6.07) is 27.7. The van der Waals surface area contributed by atoms with Gasteiger partial charge in [0.1, 0.15) is 12.1 Å². The molecule has 0 unspecified atom stereocenters. The van der Waals surface area contributed by atoms with Crippen LogP contribution in [0.4, 0.5) is 0 Å². The summed E-state index contributed by atoms with van der Waals surface area (Å²) in [5.74, 6) is -0.945. The number of para-hydroxylation sites is 2. The van der Waals surface area contributed by atoms with Gasteiger partial charge in [0.2, 0.25) is 0 Å². The van der Waals surface area contributed by atoms with Crippen LogP contribution in [-0.4, -0.2) is 32.9 Å². The first kappa shape index (κ1) is 22.6. The molecule has 0 radical (unpaired) electrons. The van der Waals surface area contributed by atoms with E-state index in [1.165, 1.54) is 24.6 Å². The Balaban J connectivity index is 1.81. The zero-order chi connectivity index (χ0) is 23.9. The number of rotatable bonds is 7. The van der Waals surface area contributed by atoms with Crippen molar-refractivity contribution in [3.63, 3.8) is 0 Å². The van der Waals surface area contributed by atoms with Crippen LogP contribution < -0.4 is 0 Å². The Morgan fingerprint density at radius 1 is 0.471 bits per heavy atom. The Hall–Kier alpha value is -4.58. The molecule has 4 aromatic carbocycles. The third-order valence-electron chi connectivity index (χ3n) is 5.42. The minimum absolute atomic E-state index is 0.225. The summed E-state index contributed by atoms with van der Waals surface area (Å²) >= 11 is 0. The SMILES string of the molecule is Oc1cccc(C=N[C@H](c2ccccc2)[C@H](N=Cc2cccc(O)c2O)c2ccccc2)c1O. The topological polar surface area (TPSA) is 106 Å². The van der Waals surface area contributed by atoms with Crippen molar-refractivity contribution >= 4 is 12.4 Å². The highest BCUT2D eigenvalue weighted by molar-refractivity contribution is 5.86. The van der Waals surface area contributed by atoms with E-state index >= 15 is 0 Å². The molecule has 6 heteroatoms. The minimum atomic E-state index is -0.485. The van der Waals surface area contributed by atoms with Gasteiger partial charge in [0.15, 0.2) is 23.0 Å². The number of nitrogens with zero attached hydrogens (tertiary/aromatic N) is 2. The monoisotopic (exact) mass is 452 g/mol. The molecule has 34 heavy (non-hydrogen) atoms. The van der Waals surface area contributed by atoms with Gasteiger partial charge in [-0.25, -0.2) is 0 Å². The molecule has 0 saturated heterocycles. The number of phenols is 4. The van der Waals surface area contributed by atoms with Crippen LogP contribution in [0, 0.1) is 0 Å². The molecular weight excluding hydrogens is 428 g/mol. The number of benzene rings is 4. The van der Waals surface area contributed by atoms with Gasteiger partial charge >= 0.3 is 0 Å². The van der Waals surface area contributed by atoms with Crippen molar-refractivity contribution in [1.29, 1.82) is 0 Å². The van der Waals surface area contributed by atoms with Crippen LogP contribution in [0.15, 0.2) is 107 Å². The van der Waals surface area contributed by atoms with Gasteiger partial charge in [-0.1, -0.05) is 72.8 Å². The summed E-state index contributed by atoms with van der Waals surface area (Å²) in [7, 11) is 0. The summed E-state index contributed by atoms with van der Waals surface area (Å²) in [5.41, 5.74) is 2.54. The predicted octanol–water partition coefficient (Wildman–Crippen LogP) is 5.53. The lowest BCUT2D eigenvalue weighted by molar-refractivity contribution is 0.403. The van der Waals surface area contributed by atoms with Crippen molar-refractivity contribution in [2.45, 2.75) is 12.1 Å². The van der Waals surface area contributed by atoms with Crippen LogP contribution in [0.25, 0.3) is 0 Å². The summed E-state index contributed by atoms with van der Waals surface area (Å²) in [5, 5.41) is 40.1. The van der Waals surface area contributed by atoms with Crippen molar-refractivity contribution in [3.8, 4) is 23.0 Å². The Morgan fingerprint density at radius 3 is 1.24 bits per heavy atom. The van der Waals surface area contributed by atoms with Gasteiger partial charge in [0, 0.05) is 23.6 Å². The minimum Gasteiger partial charge on any atom is -0.504 e. The Bertz CT molecular complexity index is 1200. The van der Waals surface area contributed by atoms with E-state index in [0.717, 1.165) is 11.1 Å². The van der Waals surface area contributed by atoms with Gasteiger partial charge < -0.3 is 20.4 Å². The van der Waals surface area contributed by atoms with E-state index in [-0.39, 0.29) is 23.0 Å². The fourth-order valence-corrected chi connectivity index (χ4v) is 3.63. The fraction of sp³-hybridized carbons (Fsp3) is 0.0714. The van der Waals surface area contributed by atoms with Gasteiger partial charge in [0.05, 0.1) is 0 Å². The second-order valence-electron chi connectivity index (χ2n) is 7.70. The lowest BCUT2D eigenvalue weighted by Gasteiger charge is -2.22. The molecule has 4 rings (SSSR count). The van der Waals surface area contributed by atoms with Crippen molar-refractivity contribution in [2.24, 2.45) is 9.98 Å². The van der Waals surface area contributed by atoms with Crippen molar-refractivity contribution < 1.29 is 20.4 Å². The van der Waals surface area contributed by atoms with E-state index in [1.54, 1.807) is 24.3 Å². The van der Waals surface area contributed by atoms with E-state index in [4.69, 9.17) is 9.98 Å². The average Bonchev–Trinajstić information content (AvgIpc) is 2.87. The molecule has 0 aliphatic heterocycles. The second kappa shape index (κ2) is 10.4. The lowest BCUT2D eigenvalue weighted by Crippen LogP contribution is -2.09. The van der Waals surface area contributed by atoms with E-state index in [9.17, 15) is 20.4 Å².